The summed E-state index contributed by atoms with van der Waals surface area (Å²) in [6.07, 6.45) is 3.61. The van der Waals surface area contributed by atoms with Gasteiger partial charge in [-0.1, -0.05) is 40.9 Å². The number of amides is 2. The van der Waals surface area contributed by atoms with Crippen LogP contribution in [0.25, 0.3) is 5.57 Å². The van der Waals surface area contributed by atoms with Gasteiger partial charge in [-0.2, -0.15) is 5.10 Å². The standard InChI is InChI=1S/C23H20Cl3FN4O3S/c24-16-6-8-18(9-7-16)35(33,34)30-23(32)28-12-21(27)19-3-1-2-14-11-29-31(22(14)19)13-15-4-5-17(25)10-20(15)26/h4-11H,1-3,12-13H2,(H2,28,30,32)/b21-19-. The van der Waals surface area contributed by atoms with Crippen LogP contribution >= 0.6 is 34.8 Å². The van der Waals surface area contributed by atoms with Crippen LogP contribution < -0.4 is 10.0 Å². The first kappa shape index (κ1) is 25.5. The summed E-state index contributed by atoms with van der Waals surface area (Å²) in [7, 11) is -4.13. The molecule has 0 unspecified atom stereocenters. The van der Waals surface area contributed by atoms with Gasteiger partial charge in [0.1, 0.15) is 5.83 Å². The van der Waals surface area contributed by atoms with Crippen LogP contribution in [0.5, 0.6) is 0 Å². The van der Waals surface area contributed by atoms with Crippen molar-refractivity contribution in [2.24, 2.45) is 0 Å². The summed E-state index contributed by atoms with van der Waals surface area (Å²) in [6.45, 7) is -0.168. The second-order valence-corrected chi connectivity index (χ2v) is 10.9. The lowest BCUT2D eigenvalue weighted by molar-refractivity contribution is 0.246. The Morgan fingerprint density at radius 2 is 1.77 bits per heavy atom. The zero-order chi connectivity index (χ0) is 25.2. The molecule has 2 amide bonds. The number of nitrogens with one attached hydrogen (secondary N) is 2. The minimum Gasteiger partial charge on any atom is -0.331 e. The Balaban J connectivity index is 1.49. The van der Waals surface area contributed by atoms with Gasteiger partial charge in [0.05, 0.1) is 29.9 Å². The number of aromatic nitrogens is 2. The molecule has 0 atom stereocenters. The molecule has 0 spiro atoms. The van der Waals surface area contributed by atoms with Crippen molar-refractivity contribution < 1.29 is 17.6 Å². The Labute approximate surface area is 216 Å². The topological polar surface area (TPSA) is 93.1 Å². The third kappa shape index (κ3) is 5.98. The van der Waals surface area contributed by atoms with E-state index in [2.05, 4.69) is 10.4 Å². The molecule has 0 radical (unpaired) electrons. The highest BCUT2D eigenvalue weighted by Crippen LogP contribution is 2.34. The van der Waals surface area contributed by atoms with Gasteiger partial charge in [-0.05, 0) is 66.8 Å². The molecule has 0 aliphatic heterocycles. The molecule has 1 aromatic heterocycles. The van der Waals surface area contributed by atoms with Crippen molar-refractivity contribution in [1.29, 1.82) is 0 Å². The van der Waals surface area contributed by atoms with Crippen LogP contribution in [-0.2, 0) is 23.0 Å². The summed E-state index contributed by atoms with van der Waals surface area (Å²) in [5.41, 5.74) is 2.71. The van der Waals surface area contributed by atoms with Crippen molar-refractivity contribution in [3.05, 3.63) is 86.4 Å². The molecule has 1 aliphatic carbocycles. The van der Waals surface area contributed by atoms with E-state index in [4.69, 9.17) is 34.8 Å². The van der Waals surface area contributed by atoms with E-state index in [1.807, 2.05) is 4.72 Å². The van der Waals surface area contributed by atoms with Gasteiger partial charge >= 0.3 is 6.03 Å². The van der Waals surface area contributed by atoms with E-state index in [0.717, 1.165) is 24.0 Å². The predicted octanol–water partition coefficient (Wildman–Crippen LogP) is 5.60. The Morgan fingerprint density at radius 3 is 2.49 bits per heavy atom. The summed E-state index contributed by atoms with van der Waals surface area (Å²) < 4.78 is 43.5. The van der Waals surface area contributed by atoms with Gasteiger partial charge in [0.2, 0.25) is 0 Å². The Hall–Kier alpha value is -2.59. The molecule has 0 saturated heterocycles. The zero-order valence-corrected chi connectivity index (χ0v) is 21.3. The smallest absolute Gasteiger partial charge is 0.329 e. The number of aryl methyl sites for hydroxylation is 1. The minimum absolute atomic E-state index is 0.141. The Bertz CT molecular complexity index is 1410. The SMILES string of the molecule is O=C(NC/C(F)=C1\CCCc2cnn(Cc3ccc(Cl)cc3Cl)c21)NS(=O)(=O)c1ccc(Cl)cc1. The summed E-state index contributed by atoms with van der Waals surface area (Å²) in [5, 5.41) is 8.02. The molecule has 4 rings (SSSR count). The molecule has 2 aromatic carbocycles. The molecule has 12 heteroatoms. The largest absolute Gasteiger partial charge is 0.331 e. The normalized spacial score (nSPS) is 14.9. The Morgan fingerprint density at radius 1 is 1.06 bits per heavy atom. The molecule has 2 N–H and O–H groups in total. The number of hydrogen-bond donors (Lipinski definition) is 2. The number of urea groups is 1. The summed E-state index contributed by atoms with van der Waals surface area (Å²) >= 11 is 18.0. The number of nitrogens with zero attached hydrogens (tertiary/aromatic N) is 2. The monoisotopic (exact) mass is 556 g/mol. The van der Waals surface area contributed by atoms with Crippen LogP contribution in [-0.4, -0.2) is 30.8 Å². The second kappa shape index (κ2) is 10.6. The number of halogens is 4. The third-order valence-electron chi connectivity index (χ3n) is 5.49. The van der Waals surface area contributed by atoms with Crippen molar-refractivity contribution in [3.63, 3.8) is 0 Å². The highest BCUT2D eigenvalue weighted by atomic mass is 35.5. The van der Waals surface area contributed by atoms with Crippen LogP contribution in [0.15, 0.2) is 59.4 Å². The number of rotatable bonds is 6. The van der Waals surface area contributed by atoms with E-state index in [9.17, 15) is 13.2 Å². The highest BCUT2D eigenvalue weighted by Gasteiger charge is 2.24. The first-order valence-corrected chi connectivity index (χ1v) is 13.2. The van der Waals surface area contributed by atoms with E-state index in [1.165, 1.54) is 24.3 Å². The number of allylic oxidation sites excluding steroid dienone is 1. The summed E-state index contributed by atoms with van der Waals surface area (Å²) in [5.74, 6) is -0.575. The van der Waals surface area contributed by atoms with Gasteiger partial charge in [0.25, 0.3) is 10.0 Å². The highest BCUT2D eigenvalue weighted by molar-refractivity contribution is 7.90. The molecular weight excluding hydrogens is 538 g/mol. The molecule has 0 saturated carbocycles. The van der Waals surface area contributed by atoms with Crippen molar-refractivity contribution >= 4 is 56.4 Å². The maximum absolute atomic E-state index is 15.2. The van der Waals surface area contributed by atoms with Crippen LogP contribution in [0, 0.1) is 0 Å². The van der Waals surface area contributed by atoms with E-state index >= 15 is 4.39 Å². The van der Waals surface area contributed by atoms with Gasteiger partial charge < -0.3 is 5.32 Å². The lowest BCUT2D eigenvalue weighted by atomic mass is 9.92. The average Bonchev–Trinajstić information content (AvgIpc) is 3.22. The third-order valence-corrected chi connectivity index (χ3v) is 7.68. The molecule has 3 aromatic rings. The van der Waals surface area contributed by atoms with Crippen molar-refractivity contribution in [1.82, 2.24) is 19.8 Å². The molecule has 35 heavy (non-hydrogen) atoms. The molecule has 7 nitrogen and oxygen atoms in total. The zero-order valence-electron chi connectivity index (χ0n) is 18.2. The van der Waals surface area contributed by atoms with Gasteiger partial charge in [0.15, 0.2) is 0 Å². The molecule has 0 fully saturated rings. The van der Waals surface area contributed by atoms with Crippen molar-refractivity contribution in [2.75, 3.05) is 6.54 Å². The van der Waals surface area contributed by atoms with Gasteiger partial charge in [-0.3, -0.25) is 4.68 Å². The fourth-order valence-electron chi connectivity index (χ4n) is 3.82. The number of carbonyl (C=O) groups is 1. The number of carbonyl (C=O) groups excluding carboxylic acids is 1. The Kier molecular flexibility index (Phi) is 7.70. The first-order valence-electron chi connectivity index (χ1n) is 10.6. The fraction of sp³-hybridized carbons (Fsp3) is 0.217. The lowest BCUT2D eigenvalue weighted by Crippen LogP contribution is -2.40. The summed E-state index contributed by atoms with van der Waals surface area (Å²) in [6, 6.07) is 9.39. The van der Waals surface area contributed by atoms with E-state index < -0.39 is 28.4 Å². The molecule has 1 aliphatic rings. The lowest BCUT2D eigenvalue weighted by Gasteiger charge is -2.19. The van der Waals surface area contributed by atoms with Gasteiger partial charge in [0, 0.05) is 20.6 Å². The van der Waals surface area contributed by atoms with Crippen LogP contribution in [0.4, 0.5) is 9.18 Å². The number of hydrogen-bond acceptors (Lipinski definition) is 4. The number of fused-ring (bicyclic) bond motifs is 1. The quantitative estimate of drug-likeness (QED) is 0.413. The number of benzene rings is 2. The second-order valence-electron chi connectivity index (χ2n) is 7.89. The average molecular weight is 558 g/mol. The molecule has 184 valence electrons. The minimum atomic E-state index is -4.13. The van der Waals surface area contributed by atoms with Crippen LogP contribution in [0.2, 0.25) is 15.1 Å². The first-order chi connectivity index (χ1) is 16.6. The van der Waals surface area contributed by atoms with Gasteiger partial charge in [-0.25, -0.2) is 22.3 Å². The predicted molar refractivity (Wildman–Crippen MR) is 134 cm³/mol. The molecule has 1 heterocycles. The van der Waals surface area contributed by atoms with E-state index in [0.29, 0.717) is 39.3 Å². The molecular formula is C23H20Cl3FN4O3S. The fourth-order valence-corrected chi connectivity index (χ4v) is 5.34. The number of sulfonamides is 1. The van der Waals surface area contributed by atoms with Crippen LogP contribution in [0.1, 0.15) is 29.7 Å². The van der Waals surface area contributed by atoms with E-state index in [1.54, 1.807) is 29.1 Å². The van der Waals surface area contributed by atoms with E-state index in [-0.39, 0.29) is 4.90 Å². The van der Waals surface area contributed by atoms with Crippen LogP contribution in [0.3, 0.4) is 0 Å². The summed E-state index contributed by atoms with van der Waals surface area (Å²) in [4.78, 5) is 12.1. The maximum atomic E-state index is 15.2. The molecule has 0 bridgehead atoms. The maximum Gasteiger partial charge on any atom is 0.329 e. The van der Waals surface area contributed by atoms with Crippen molar-refractivity contribution in [3.8, 4) is 0 Å². The van der Waals surface area contributed by atoms with Gasteiger partial charge in [-0.15, -0.1) is 0 Å². The van der Waals surface area contributed by atoms with Crippen molar-refractivity contribution in [2.45, 2.75) is 30.7 Å².